The van der Waals surface area contributed by atoms with E-state index in [4.69, 9.17) is 0 Å². The van der Waals surface area contributed by atoms with Crippen molar-refractivity contribution in [3.63, 3.8) is 0 Å². The van der Waals surface area contributed by atoms with Crippen LogP contribution in [-0.4, -0.2) is 13.0 Å². The number of pyridine rings is 1. The molecule has 0 saturated carbocycles. The molecule has 1 aromatic rings. The molecule has 66 valence electrons. The Morgan fingerprint density at radius 2 is 2.17 bits per heavy atom. The van der Waals surface area contributed by atoms with Gasteiger partial charge in [-0.15, -0.1) is 0 Å². The summed E-state index contributed by atoms with van der Waals surface area (Å²) < 4.78 is 14.7. The Labute approximate surface area is 71.8 Å². The van der Waals surface area contributed by atoms with Gasteiger partial charge in [0.2, 0.25) is 5.56 Å². The summed E-state index contributed by atoms with van der Waals surface area (Å²) in [5, 5.41) is 0. The fourth-order valence-electron chi connectivity index (χ4n) is 0.996. The van der Waals surface area contributed by atoms with E-state index in [1.165, 1.54) is 10.6 Å². The molecule has 0 aliphatic heterocycles. The van der Waals surface area contributed by atoms with Gasteiger partial charge in [0, 0.05) is 18.4 Å². The molecule has 0 aliphatic rings. The van der Waals surface area contributed by atoms with Crippen LogP contribution in [0, 0.1) is 0 Å². The molecule has 0 radical (unpaired) electrons. The lowest BCUT2D eigenvalue weighted by Crippen LogP contribution is -2.32. The standard InChI is InChI=1S/C8H12FNOSi/c1-12(2,9)7-10-6-4-3-5-8(10)11/h3-6H,7H2,1-2H3. The lowest BCUT2D eigenvalue weighted by atomic mass is 10.5. The largest absolute Gasteiger partial charge is 0.316 e. The van der Waals surface area contributed by atoms with Crippen molar-refractivity contribution in [3.8, 4) is 0 Å². The number of hydrogen-bond acceptors (Lipinski definition) is 1. The number of rotatable bonds is 2. The van der Waals surface area contributed by atoms with Crippen molar-refractivity contribution in [3.05, 3.63) is 34.7 Å². The summed E-state index contributed by atoms with van der Waals surface area (Å²) in [5.74, 6) is 0. The molecule has 1 heterocycles. The van der Waals surface area contributed by atoms with Gasteiger partial charge >= 0.3 is 0 Å². The Hall–Kier alpha value is -0.903. The minimum absolute atomic E-state index is 0.129. The summed E-state index contributed by atoms with van der Waals surface area (Å²) in [7, 11) is -2.67. The first-order valence-electron chi connectivity index (χ1n) is 3.83. The highest BCUT2D eigenvalue weighted by molar-refractivity contribution is 6.69. The third-order valence-electron chi connectivity index (χ3n) is 1.45. The maximum atomic E-state index is 13.2. The van der Waals surface area contributed by atoms with Crippen molar-refractivity contribution in [2.45, 2.75) is 19.3 Å². The third-order valence-corrected chi connectivity index (χ3v) is 2.54. The van der Waals surface area contributed by atoms with Crippen LogP contribution in [0.25, 0.3) is 0 Å². The van der Waals surface area contributed by atoms with Crippen LogP contribution in [0.2, 0.25) is 13.1 Å². The molecule has 0 aromatic carbocycles. The Morgan fingerprint density at radius 1 is 1.50 bits per heavy atom. The quantitative estimate of drug-likeness (QED) is 0.506. The molecular weight excluding hydrogens is 173 g/mol. The van der Waals surface area contributed by atoms with Gasteiger partial charge in [-0.1, -0.05) is 6.07 Å². The molecule has 1 rings (SSSR count). The Morgan fingerprint density at radius 3 is 2.67 bits per heavy atom. The Bertz CT molecular complexity index is 315. The normalized spacial score (nSPS) is 11.6. The van der Waals surface area contributed by atoms with Crippen molar-refractivity contribution in [2.75, 3.05) is 0 Å². The average molecular weight is 185 g/mol. The summed E-state index contributed by atoms with van der Waals surface area (Å²) in [6, 6.07) is 4.84. The first-order chi connectivity index (χ1) is 5.49. The van der Waals surface area contributed by atoms with E-state index in [0.29, 0.717) is 0 Å². The Kier molecular flexibility index (Phi) is 2.47. The van der Waals surface area contributed by atoms with E-state index in [0.717, 1.165) is 0 Å². The second-order valence-corrected chi connectivity index (χ2v) is 7.14. The highest BCUT2D eigenvalue weighted by Crippen LogP contribution is 2.04. The predicted molar refractivity (Wildman–Crippen MR) is 49.3 cm³/mol. The maximum Gasteiger partial charge on any atom is 0.260 e. The molecule has 2 nitrogen and oxygen atoms in total. The predicted octanol–water partition coefficient (Wildman–Crippen LogP) is 1.56. The van der Waals surface area contributed by atoms with E-state index >= 15 is 0 Å². The number of hydrogen-bond donors (Lipinski definition) is 0. The summed E-state index contributed by atoms with van der Waals surface area (Å²) in [4.78, 5) is 11.1. The van der Waals surface area contributed by atoms with E-state index in [2.05, 4.69) is 0 Å². The van der Waals surface area contributed by atoms with Gasteiger partial charge < -0.3 is 8.67 Å². The summed E-state index contributed by atoms with van der Waals surface area (Å²) in [6.07, 6.45) is 1.86. The van der Waals surface area contributed by atoms with Crippen molar-refractivity contribution < 1.29 is 4.11 Å². The molecule has 1 aromatic heterocycles. The van der Waals surface area contributed by atoms with Gasteiger partial charge in [-0.2, -0.15) is 0 Å². The van der Waals surface area contributed by atoms with Crippen molar-refractivity contribution in [1.29, 1.82) is 0 Å². The van der Waals surface area contributed by atoms with E-state index in [1.54, 1.807) is 31.4 Å². The second kappa shape index (κ2) is 3.22. The van der Waals surface area contributed by atoms with Crippen molar-refractivity contribution >= 4 is 8.41 Å². The molecule has 0 bridgehead atoms. The summed E-state index contributed by atoms with van der Waals surface area (Å²) in [5.41, 5.74) is -0.129. The third kappa shape index (κ3) is 2.62. The molecular formula is C8H12FNOSi. The van der Waals surface area contributed by atoms with Crippen LogP contribution in [-0.2, 0) is 6.17 Å². The zero-order chi connectivity index (χ0) is 9.19. The van der Waals surface area contributed by atoms with Gasteiger partial charge in [-0.3, -0.25) is 4.79 Å². The fourth-order valence-corrected chi connectivity index (χ4v) is 2.07. The van der Waals surface area contributed by atoms with Crippen LogP contribution in [0.1, 0.15) is 0 Å². The van der Waals surface area contributed by atoms with E-state index in [-0.39, 0.29) is 11.7 Å². The molecule has 4 heteroatoms. The van der Waals surface area contributed by atoms with Gasteiger partial charge in [0.15, 0.2) is 0 Å². The van der Waals surface area contributed by atoms with E-state index in [9.17, 15) is 8.90 Å². The number of aromatic nitrogens is 1. The van der Waals surface area contributed by atoms with Crippen LogP contribution in [0.4, 0.5) is 4.11 Å². The molecule has 0 aliphatic carbocycles. The SMILES string of the molecule is C[Si](C)(F)Cn1ccccc1=O. The van der Waals surface area contributed by atoms with E-state index in [1.807, 2.05) is 0 Å². The lowest BCUT2D eigenvalue weighted by molar-refractivity contribution is 0.703. The second-order valence-electron chi connectivity index (χ2n) is 3.39. The average Bonchev–Trinajstić information content (AvgIpc) is 1.91. The number of nitrogens with zero attached hydrogens (tertiary/aromatic N) is 1. The maximum absolute atomic E-state index is 13.2. The van der Waals surface area contributed by atoms with Gasteiger partial charge in [-0.05, 0) is 19.2 Å². The van der Waals surface area contributed by atoms with Crippen LogP contribution < -0.4 is 5.56 Å². The smallest absolute Gasteiger partial charge is 0.260 e. The zero-order valence-corrected chi connectivity index (χ0v) is 8.25. The minimum atomic E-state index is -2.67. The van der Waals surface area contributed by atoms with Gasteiger partial charge in [0.05, 0.1) is 0 Å². The van der Waals surface area contributed by atoms with Crippen LogP contribution in [0.15, 0.2) is 29.2 Å². The molecule has 0 unspecified atom stereocenters. The van der Waals surface area contributed by atoms with Crippen LogP contribution in [0.3, 0.4) is 0 Å². The van der Waals surface area contributed by atoms with Crippen molar-refractivity contribution in [2.24, 2.45) is 0 Å². The summed E-state index contributed by atoms with van der Waals surface area (Å²) >= 11 is 0. The van der Waals surface area contributed by atoms with Crippen LogP contribution in [0.5, 0.6) is 0 Å². The molecule has 12 heavy (non-hydrogen) atoms. The highest BCUT2D eigenvalue weighted by atomic mass is 28.4. The molecule has 0 amide bonds. The van der Waals surface area contributed by atoms with Crippen molar-refractivity contribution in [1.82, 2.24) is 4.57 Å². The zero-order valence-electron chi connectivity index (χ0n) is 7.25. The van der Waals surface area contributed by atoms with E-state index < -0.39 is 8.41 Å². The highest BCUT2D eigenvalue weighted by Gasteiger charge is 2.20. The van der Waals surface area contributed by atoms with Crippen LogP contribution >= 0.6 is 0 Å². The first-order valence-corrected chi connectivity index (χ1v) is 6.92. The topological polar surface area (TPSA) is 22.0 Å². The molecule has 0 N–H and O–H groups in total. The summed E-state index contributed by atoms with van der Waals surface area (Å²) in [6.45, 7) is 3.18. The monoisotopic (exact) mass is 185 g/mol. The number of halogens is 1. The minimum Gasteiger partial charge on any atom is -0.316 e. The molecule has 0 atom stereocenters. The Balaban J connectivity index is 2.91. The molecule has 0 fully saturated rings. The van der Waals surface area contributed by atoms with Gasteiger partial charge in [-0.25, -0.2) is 0 Å². The molecule has 0 spiro atoms. The first kappa shape index (κ1) is 9.19. The molecule has 0 saturated heterocycles. The van der Waals surface area contributed by atoms with Gasteiger partial charge in [0.1, 0.15) is 0 Å². The fraction of sp³-hybridized carbons (Fsp3) is 0.375. The van der Waals surface area contributed by atoms with Gasteiger partial charge in [0.25, 0.3) is 8.41 Å². The lowest BCUT2D eigenvalue weighted by Gasteiger charge is -2.12.